The van der Waals surface area contributed by atoms with E-state index in [1.54, 1.807) is 25.3 Å². The van der Waals surface area contributed by atoms with E-state index in [4.69, 9.17) is 14.2 Å². The smallest absolute Gasteiger partial charge is 0.319 e. The van der Waals surface area contributed by atoms with Crippen molar-refractivity contribution in [2.45, 2.75) is 18.4 Å². The van der Waals surface area contributed by atoms with Crippen molar-refractivity contribution in [3.05, 3.63) is 18.2 Å². The topological polar surface area (TPSA) is 89.1 Å². The lowest BCUT2D eigenvalue weighted by atomic mass is 9.94. The molecule has 7 nitrogen and oxygen atoms in total. The molecule has 1 fully saturated rings. The first-order valence-corrected chi connectivity index (χ1v) is 7.13. The van der Waals surface area contributed by atoms with E-state index in [1.807, 2.05) is 0 Å². The molecular formula is C15H22N2O5. The number of carbonyl (C=O) groups is 1. The fourth-order valence-electron chi connectivity index (χ4n) is 2.26. The van der Waals surface area contributed by atoms with Gasteiger partial charge in [-0.25, -0.2) is 4.79 Å². The van der Waals surface area contributed by atoms with E-state index < -0.39 is 5.60 Å². The molecule has 1 aliphatic heterocycles. The minimum absolute atomic E-state index is 0.190. The van der Waals surface area contributed by atoms with Gasteiger partial charge in [0.15, 0.2) is 11.5 Å². The number of methoxy groups -OCH3 is 2. The largest absolute Gasteiger partial charge is 0.493 e. The van der Waals surface area contributed by atoms with Crippen LogP contribution in [0, 0.1) is 0 Å². The predicted octanol–water partition coefficient (Wildman–Crippen LogP) is 1.37. The van der Waals surface area contributed by atoms with Crippen LogP contribution in [-0.2, 0) is 4.74 Å². The van der Waals surface area contributed by atoms with Gasteiger partial charge in [0.05, 0.1) is 19.8 Å². The summed E-state index contributed by atoms with van der Waals surface area (Å²) < 4.78 is 15.5. The van der Waals surface area contributed by atoms with Gasteiger partial charge in [-0.1, -0.05) is 0 Å². The van der Waals surface area contributed by atoms with Crippen LogP contribution in [0.1, 0.15) is 12.8 Å². The van der Waals surface area contributed by atoms with Crippen molar-refractivity contribution >= 4 is 11.7 Å². The molecule has 2 rings (SSSR count). The summed E-state index contributed by atoms with van der Waals surface area (Å²) in [5.41, 5.74) is -0.318. The van der Waals surface area contributed by atoms with Gasteiger partial charge in [-0.2, -0.15) is 0 Å². The van der Waals surface area contributed by atoms with Crippen molar-refractivity contribution in [2.24, 2.45) is 0 Å². The van der Waals surface area contributed by atoms with Crippen molar-refractivity contribution in [3.63, 3.8) is 0 Å². The Labute approximate surface area is 129 Å². The van der Waals surface area contributed by atoms with Gasteiger partial charge in [0, 0.05) is 44.4 Å². The summed E-state index contributed by atoms with van der Waals surface area (Å²) in [5, 5.41) is 15.7. The number of hydrogen-bond donors (Lipinski definition) is 3. The highest BCUT2D eigenvalue weighted by atomic mass is 16.5. The molecule has 0 unspecified atom stereocenters. The van der Waals surface area contributed by atoms with Crippen molar-refractivity contribution in [1.29, 1.82) is 0 Å². The van der Waals surface area contributed by atoms with Crippen LogP contribution in [0.4, 0.5) is 10.5 Å². The quantitative estimate of drug-likeness (QED) is 0.764. The predicted molar refractivity (Wildman–Crippen MR) is 81.6 cm³/mol. The van der Waals surface area contributed by atoms with Crippen LogP contribution >= 0.6 is 0 Å². The second kappa shape index (κ2) is 7.33. The molecule has 1 aliphatic rings. The summed E-state index contributed by atoms with van der Waals surface area (Å²) in [5.74, 6) is 1.12. The van der Waals surface area contributed by atoms with Crippen molar-refractivity contribution in [1.82, 2.24) is 5.32 Å². The lowest BCUT2D eigenvalue weighted by molar-refractivity contribution is -0.0598. The van der Waals surface area contributed by atoms with E-state index in [0.29, 0.717) is 43.2 Å². The van der Waals surface area contributed by atoms with Crippen LogP contribution in [0.15, 0.2) is 18.2 Å². The van der Waals surface area contributed by atoms with Crippen LogP contribution in [0.3, 0.4) is 0 Å². The molecule has 0 bridgehead atoms. The van der Waals surface area contributed by atoms with Crippen LogP contribution in [0.5, 0.6) is 11.5 Å². The van der Waals surface area contributed by atoms with E-state index in [0.717, 1.165) is 0 Å². The standard InChI is InChI=1S/C15H22N2O5/c1-20-12-4-3-11(9-13(12)21-2)17-14(18)16-10-15(19)5-7-22-8-6-15/h3-4,9,19H,5-8,10H2,1-2H3,(H2,16,17,18). The third-order valence-corrected chi connectivity index (χ3v) is 3.64. The molecular weight excluding hydrogens is 288 g/mol. The maximum Gasteiger partial charge on any atom is 0.319 e. The van der Waals surface area contributed by atoms with Gasteiger partial charge < -0.3 is 30.0 Å². The Morgan fingerprint density at radius 1 is 1.27 bits per heavy atom. The second-order valence-corrected chi connectivity index (χ2v) is 5.21. The van der Waals surface area contributed by atoms with Gasteiger partial charge in [0.1, 0.15) is 0 Å². The van der Waals surface area contributed by atoms with Crippen LogP contribution in [0.25, 0.3) is 0 Å². The molecule has 1 aromatic rings. The summed E-state index contributed by atoms with van der Waals surface area (Å²) in [6, 6.07) is 4.71. The molecule has 3 N–H and O–H groups in total. The van der Waals surface area contributed by atoms with Gasteiger partial charge in [0.25, 0.3) is 0 Å². The molecule has 1 saturated heterocycles. The number of amides is 2. The second-order valence-electron chi connectivity index (χ2n) is 5.21. The average molecular weight is 310 g/mol. The number of anilines is 1. The summed E-state index contributed by atoms with van der Waals surface area (Å²) in [6.45, 7) is 1.21. The molecule has 2 amide bonds. The average Bonchev–Trinajstić information content (AvgIpc) is 2.53. The van der Waals surface area contributed by atoms with Gasteiger partial charge >= 0.3 is 6.03 Å². The number of ether oxygens (including phenoxy) is 3. The van der Waals surface area contributed by atoms with Gasteiger partial charge in [-0.05, 0) is 12.1 Å². The summed E-state index contributed by atoms with van der Waals surface area (Å²) in [6.07, 6.45) is 1.03. The van der Waals surface area contributed by atoms with Crippen LogP contribution < -0.4 is 20.1 Å². The Kier molecular flexibility index (Phi) is 5.46. The van der Waals surface area contributed by atoms with E-state index in [9.17, 15) is 9.90 Å². The number of rotatable bonds is 5. The lowest BCUT2D eigenvalue weighted by Crippen LogP contribution is -2.47. The van der Waals surface area contributed by atoms with Gasteiger partial charge in [-0.3, -0.25) is 0 Å². The van der Waals surface area contributed by atoms with Crippen molar-refractivity contribution in [3.8, 4) is 11.5 Å². The minimum atomic E-state index is -0.896. The molecule has 0 radical (unpaired) electrons. The zero-order valence-electron chi connectivity index (χ0n) is 12.8. The van der Waals surface area contributed by atoms with Crippen LogP contribution in [-0.4, -0.2) is 50.7 Å². The third kappa shape index (κ3) is 4.25. The van der Waals surface area contributed by atoms with Crippen molar-refractivity contribution in [2.75, 3.05) is 39.3 Å². The Balaban J connectivity index is 1.89. The summed E-state index contributed by atoms with van der Waals surface area (Å²) >= 11 is 0. The molecule has 7 heteroatoms. The van der Waals surface area contributed by atoms with E-state index >= 15 is 0 Å². The van der Waals surface area contributed by atoms with Crippen molar-refractivity contribution < 1.29 is 24.1 Å². The molecule has 0 aliphatic carbocycles. The number of aliphatic hydroxyl groups is 1. The number of hydrogen-bond acceptors (Lipinski definition) is 5. The molecule has 0 atom stereocenters. The highest BCUT2D eigenvalue weighted by molar-refractivity contribution is 5.89. The first kappa shape index (κ1) is 16.4. The highest BCUT2D eigenvalue weighted by Gasteiger charge is 2.30. The monoisotopic (exact) mass is 310 g/mol. The van der Waals surface area contributed by atoms with Crippen LogP contribution in [0.2, 0.25) is 0 Å². The molecule has 1 aromatic carbocycles. The molecule has 0 spiro atoms. The Morgan fingerprint density at radius 3 is 2.59 bits per heavy atom. The number of nitrogens with one attached hydrogen (secondary N) is 2. The fourth-order valence-corrected chi connectivity index (χ4v) is 2.26. The molecule has 0 saturated carbocycles. The van der Waals surface area contributed by atoms with Gasteiger partial charge in [0.2, 0.25) is 0 Å². The molecule has 1 heterocycles. The normalized spacial score (nSPS) is 16.7. The maximum atomic E-state index is 11.9. The van der Waals surface area contributed by atoms with E-state index in [2.05, 4.69) is 10.6 Å². The van der Waals surface area contributed by atoms with Gasteiger partial charge in [-0.15, -0.1) is 0 Å². The zero-order chi connectivity index (χ0) is 16.0. The Morgan fingerprint density at radius 2 is 1.95 bits per heavy atom. The Hall–Kier alpha value is -1.99. The minimum Gasteiger partial charge on any atom is -0.493 e. The third-order valence-electron chi connectivity index (χ3n) is 3.64. The Bertz CT molecular complexity index is 515. The maximum absolute atomic E-state index is 11.9. The number of carbonyl (C=O) groups excluding carboxylic acids is 1. The SMILES string of the molecule is COc1ccc(NC(=O)NCC2(O)CCOCC2)cc1OC. The first-order chi connectivity index (χ1) is 10.6. The zero-order valence-corrected chi connectivity index (χ0v) is 12.8. The highest BCUT2D eigenvalue weighted by Crippen LogP contribution is 2.29. The first-order valence-electron chi connectivity index (χ1n) is 7.13. The summed E-state index contributed by atoms with van der Waals surface area (Å²) in [7, 11) is 3.08. The summed E-state index contributed by atoms with van der Waals surface area (Å²) in [4.78, 5) is 11.9. The molecule has 0 aromatic heterocycles. The van der Waals surface area contributed by atoms with E-state index in [-0.39, 0.29) is 12.6 Å². The lowest BCUT2D eigenvalue weighted by Gasteiger charge is -2.32. The number of urea groups is 1. The molecule has 22 heavy (non-hydrogen) atoms. The van der Waals surface area contributed by atoms with E-state index in [1.165, 1.54) is 7.11 Å². The molecule has 122 valence electrons. The fraction of sp³-hybridized carbons (Fsp3) is 0.533. The number of benzene rings is 1.